The van der Waals surface area contributed by atoms with Crippen LogP contribution in [-0.4, -0.2) is 6.61 Å². The molecule has 20 heavy (non-hydrogen) atoms. The van der Waals surface area contributed by atoms with Crippen molar-refractivity contribution in [2.45, 2.75) is 13.5 Å². The minimum Gasteiger partial charge on any atom is -0.493 e. The lowest BCUT2D eigenvalue weighted by Crippen LogP contribution is -2.02. The summed E-state index contributed by atoms with van der Waals surface area (Å²) in [5.74, 6) is -0.950. The van der Waals surface area contributed by atoms with Crippen LogP contribution in [0.5, 0.6) is 11.5 Å². The predicted molar refractivity (Wildman–Crippen MR) is 72.7 cm³/mol. The number of nitrogens with two attached hydrogens (primary N) is 1. The van der Waals surface area contributed by atoms with Gasteiger partial charge in [0.25, 0.3) is 0 Å². The second-order valence-electron chi connectivity index (χ2n) is 4.16. The van der Waals surface area contributed by atoms with Crippen molar-refractivity contribution in [2.24, 2.45) is 0 Å². The fourth-order valence-electron chi connectivity index (χ4n) is 1.74. The largest absolute Gasteiger partial charge is 0.493 e. The maximum atomic E-state index is 13.1. The molecule has 0 saturated heterocycles. The smallest absolute Gasteiger partial charge is 0.162 e. The van der Waals surface area contributed by atoms with E-state index < -0.39 is 11.6 Å². The minimum absolute atomic E-state index is 0.158. The van der Waals surface area contributed by atoms with E-state index in [4.69, 9.17) is 15.2 Å². The molecule has 0 saturated carbocycles. The molecule has 0 aromatic heterocycles. The number of benzene rings is 2. The lowest BCUT2D eigenvalue weighted by Gasteiger charge is -2.12. The summed E-state index contributed by atoms with van der Waals surface area (Å²) in [5.41, 5.74) is 7.04. The number of ether oxygens (including phenoxy) is 2. The summed E-state index contributed by atoms with van der Waals surface area (Å²) in [6, 6.07) is 8.60. The summed E-state index contributed by atoms with van der Waals surface area (Å²) in [6.07, 6.45) is 0. The van der Waals surface area contributed by atoms with Crippen LogP contribution in [0.3, 0.4) is 0 Å². The van der Waals surface area contributed by atoms with Crippen LogP contribution in [-0.2, 0) is 6.61 Å². The van der Waals surface area contributed by atoms with Crippen molar-refractivity contribution in [3.63, 3.8) is 0 Å². The van der Waals surface area contributed by atoms with Crippen molar-refractivity contribution < 1.29 is 18.3 Å². The second-order valence-corrected chi connectivity index (χ2v) is 4.16. The summed E-state index contributed by atoms with van der Waals surface area (Å²) in [5, 5.41) is 0. The quantitative estimate of drug-likeness (QED) is 0.852. The van der Waals surface area contributed by atoms with Gasteiger partial charge in [0.2, 0.25) is 0 Å². The Morgan fingerprint density at radius 1 is 1.00 bits per heavy atom. The lowest BCUT2D eigenvalue weighted by molar-refractivity contribution is 0.284. The van der Waals surface area contributed by atoms with Crippen LogP contribution in [0.15, 0.2) is 36.4 Å². The first-order valence-electron chi connectivity index (χ1n) is 6.19. The zero-order valence-electron chi connectivity index (χ0n) is 11.0. The molecule has 0 bridgehead atoms. The molecule has 5 heteroatoms. The van der Waals surface area contributed by atoms with Crippen LogP contribution < -0.4 is 15.2 Å². The SMILES string of the molecule is CCOc1ccc(N)cc1COc1ccc(F)c(F)c1. The highest BCUT2D eigenvalue weighted by molar-refractivity contribution is 5.47. The van der Waals surface area contributed by atoms with Gasteiger partial charge in [0, 0.05) is 17.3 Å². The minimum atomic E-state index is -0.944. The highest BCUT2D eigenvalue weighted by atomic mass is 19.2. The molecule has 0 amide bonds. The van der Waals surface area contributed by atoms with Gasteiger partial charge in [-0.15, -0.1) is 0 Å². The van der Waals surface area contributed by atoms with E-state index in [0.717, 1.165) is 17.7 Å². The molecule has 106 valence electrons. The number of anilines is 1. The van der Waals surface area contributed by atoms with Crippen LogP contribution in [0.4, 0.5) is 14.5 Å². The van der Waals surface area contributed by atoms with E-state index >= 15 is 0 Å². The summed E-state index contributed by atoms with van der Waals surface area (Å²) < 4.78 is 36.8. The highest BCUT2D eigenvalue weighted by Crippen LogP contribution is 2.24. The number of hydrogen-bond acceptors (Lipinski definition) is 3. The van der Waals surface area contributed by atoms with Gasteiger partial charge in [-0.05, 0) is 37.3 Å². The van der Waals surface area contributed by atoms with Crippen LogP contribution in [0.1, 0.15) is 12.5 Å². The number of nitrogen functional groups attached to an aromatic ring is 1. The molecule has 0 fully saturated rings. The second kappa shape index (κ2) is 6.23. The Morgan fingerprint density at radius 3 is 2.50 bits per heavy atom. The summed E-state index contributed by atoms with van der Waals surface area (Å²) in [4.78, 5) is 0. The van der Waals surface area contributed by atoms with E-state index in [2.05, 4.69) is 0 Å². The van der Waals surface area contributed by atoms with Crippen molar-refractivity contribution in [3.8, 4) is 11.5 Å². The molecule has 0 atom stereocenters. The molecule has 3 nitrogen and oxygen atoms in total. The fourth-order valence-corrected chi connectivity index (χ4v) is 1.74. The number of halogens is 2. The van der Waals surface area contributed by atoms with E-state index in [9.17, 15) is 8.78 Å². The van der Waals surface area contributed by atoms with E-state index in [1.807, 2.05) is 6.92 Å². The van der Waals surface area contributed by atoms with Crippen molar-refractivity contribution >= 4 is 5.69 Å². The Kier molecular flexibility index (Phi) is 4.40. The zero-order chi connectivity index (χ0) is 14.5. The number of rotatable bonds is 5. The average Bonchev–Trinajstić information content (AvgIpc) is 2.43. The van der Waals surface area contributed by atoms with Gasteiger partial charge in [-0.1, -0.05) is 0 Å². The highest BCUT2D eigenvalue weighted by Gasteiger charge is 2.07. The van der Waals surface area contributed by atoms with Crippen molar-refractivity contribution in [2.75, 3.05) is 12.3 Å². The molecular weight excluding hydrogens is 264 g/mol. The molecule has 2 rings (SSSR count). The van der Waals surface area contributed by atoms with Gasteiger partial charge < -0.3 is 15.2 Å². The Morgan fingerprint density at radius 2 is 1.80 bits per heavy atom. The zero-order valence-corrected chi connectivity index (χ0v) is 11.0. The Balaban J connectivity index is 2.13. The van der Waals surface area contributed by atoms with Crippen molar-refractivity contribution in [1.29, 1.82) is 0 Å². The fraction of sp³-hybridized carbons (Fsp3) is 0.200. The van der Waals surface area contributed by atoms with Gasteiger partial charge in [0.05, 0.1) is 6.61 Å². The van der Waals surface area contributed by atoms with E-state index in [1.165, 1.54) is 6.07 Å². The van der Waals surface area contributed by atoms with Crippen LogP contribution >= 0.6 is 0 Å². The average molecular weight is 279 g/mol. The van der Waals surface area contributed by atoms with Gasteiger partial charge in [0.15, 0.2) is 11.6 Å². The molecule has 2 N–H and O–H groups in total. The van der Waals surface area contributed by atoms with Gasteiger partial charge in [0.1, 0.15) is 18.1 Å². The Labute approximate surface area is 115 Å². The molecule has 0 spiro atoms. The van der Waals surface area contributed by atoms with Gasteiger partial charge in [-0.3, -0.25) is 0 Å². The van der Waals surface area contributed by atoms with E-state index in [0.29, 0.717) is 18.0 Å². The first-order chi connectivity index (χ1) is 9.60. The molecule has 2 aromatic carbocycles. The third-order valence-electron chi connectivity index (χ3n) is 2.67. The van der Waals surface area contributed by atoms with Gasteiger partial charge in [-0.25, -0.2) is 8.78 Å². The third kappa shape index (κ3) is 3.38. The standard InChI is InChI=1S/C15H15F2NO2/c1-2-19-15-6-3-11(18)7-10(15)9-20-12-4-5-13(16)14(17)8-12/h3-8H,2,9,18H2,1H3. The molecule has 0 aliphatic rings. The first-order valence-corrected chi connectivity index (χ1v) is 6.19. The molecule has 0 unspecified atom stereocenters. The Hall–Kier alpha value is -2.30. The predicted octanol–water partition coefficient (Wildman–Crippen LogP) is 3.52. The number of hydrogen-bond donors (Lipinski definition) is 1. The van der Waals surface area contributed by atoms with Gasteiger partial charge in [-0.2, -0.15) is 0 Å². The molecule has 2 aromatic rings. The topological polar surface area (TPSA) is 44.5 Å². The normalized spacial score (nSPS) is 10.3. The molecule has 0 heterocycles. The monoisotopic (exact) mass is 279 g/mol. The van der Waals surface area contributed by atoms with Crippen molar-refractivity contribution in [1.82, 2.24) is 0 Å². The maximum Gasteiger partial charge on any atom is 0.162 e. The van der Waals surface area contributed by atoms with Gasteiger partial charge >= 0.3 is 0 Å². The van der Waals surface area contributed by atoms with E-state index in [-0.39, 0.29) is 12.4 Å². The summed E-state index contributed by atoms with van der Waals surface area (Å²) in [7, 11) is 0. The van der Waals surface area contributed by atoms with Crippen LogP contribution in [0.2, 0.25) is 0 Å². The molecule has 0 radical (unpaired) electrons. The van der Waals surface area contributed by atoms with E-state index in [1.54, 1.807) is 18.2 Å². The lowest BCUT2D eigenvalue weighted by atomic mass is 10.2. The molecule has 0 aliphatic heterocycles. The third-order valence-corrected chi connectivity index (χ3v) is 2.67. The molecule has 0 aliphatic carbocycles. The summed E-state index contributed by atoms with van der Waals surface area (Å²) >= 11 is 0. The Bertz CT molecular complexity index is 602. The van der Waals surface area contributed by atoms with Crippen LogP contribution in [0, 0.1) is 11.6 Å². The first kappa shape index (κ1) is 14.1. The maximum absolute atomic E-state index is 13.1. The van der Waals surface area contributed by atoms with Crippen LogP contribution in [0.25, 0.3) is 0 Å². The summed E-state index contributed by atoms with van der Waals surface area (Å²) in [6.45, 7) is 2.55. The molecular formula is C15H15F2NO2. The van der Waals surface area contributed by atoms with Crippen molar-refractivity contribution in [3.05, 3.63) is 53.6 Å².